The first kappa shape index (κ1) is 29.3. The third-order valence-corrected chi connectivity index (χ3v) is 6.22. The largest absolute Gasteiger partial charge is 0.487 e. The maximum absolute atomic E-state index is 13.1. The van der Waals surface area contributed by atoms with Gasteiger partial charge < -0.3 is 9.47 Å². The SMILES string of the molecule is COC(=O)C(C)c1ccnc2c(-c3ccc(C(F)(F)F)cc3)c(COc3ccccc3)nn12.Cc1cccc(F)c1. The second-order valence-electron chi connectivity index (χ2n) is 9.15. The summed E-state index contributed by atoms with van der Waals surface area (Å²) in [6.07, 6.45) is -2.92. The number of methoxy groups -OCH3 is 1. The Labute approximate surface area is 234 Å². The molecule has 0 aliphatic carbocycles. The molecule has 0 spiro atoms. The Bertz CT molecular complexity index is 1600. The number of ether oxygens (including phenoxy) is 2. The fraction of sp³-hybridized carbons (Fsp3) is 0.194. The van der Waals surface area contributed by atoms with Crippen molar-refractivity contribution in [3.05, 3.63) is 119 Å². The minimum absolute atomic E-state index is 0.0514. The van der Waals surface area contributed by atoms with Gasteiger partial charge in [0.25, 0.3) is 0 Å². The summed E-state index contributed by atoms with van der Waals surface area (Å²) in [5.74, 6) is -0.631. The van der Waals surface area contributed by atoms with Gasteiger partial charge in [-0.3, -0.25) is 4.79 Å². The number of benzene rings is 3. The molecule has 0 aliphatic rings. The van der Waals surface area contributed by atoms with Gasteiger partial charge >= 0.3 is 12.1 Å². The summed E-state index contributed by atoms with van der Waals surface area (Å²) >= 11 is 0. The van der Waals surface area contributed by atoms with Crippen LogP contribution < -0.4 is 4.74 Å². The topological polar surface area (TPSA) is 65.7 Å². The molecular weight excluding hydrogens is 538 g/mol. The van der Waals surface area contributed by atoms with Gasteiger partial charge in [-0.1, -0.05) is 42.5 Å². The summed E-state index contributed by atoms with van der Waals surface area (Å²) in [5.41, 5.74) is 2.64. The van der Waals surface area contributed by atoms with Gasteiger partial charge in [0, 0.05) is 6.20 Å². The predicted molar refractivity (Wildman–Crippen MR) is 146 cm³/mol. The molecule has 2 aromatic heterocycles. The molecule has 212 valence electrons. The minimum Gasteiger partial charge on any atom is -0.487 e. The number of aromatic nitrogens is 3. The van der Waals surface area contributed by atoms with Crippen LogP contribution in [0.2, 0.25) is 0 Å². The van der Waals surface area contributed by atoms with E-state index < -0.39 is 23.6 Å². The smallest absolute Gasteiger partial charge is 0.416 e. The molecule has 0 saturated heterocycles. The highest BCUT2D eigenvalue weighted by molar-refractivity contribution is 5.82. The van der Waals surface area contributed by atoms with Crippen molar-refractivity contribution in [2.75, 3.05) is 7.11 Å². The summed E-state index contributed by atoms with van der Waals surface area (Å²) in [4.78, 5) is 16.5. The lowest BCUT2D eigenvalue weighted by Crippen LogP contribution is -2.15. The number of alkyl halides is 3. The van der Waals surface area contributed by atoms with Crippen molar-refractivity contribution in [3.63, 3.8) is 0 Å². The van der Waals surface area contributed by atoms with Gasteiger partial charge in [0.15, 0.2) is 5.65 Å². The van der Waals surface area contributed by atoms with E-state index in [1.807, 2.05) is 31.2 Å². The Morgan fingerprint density at radius 2 is 1.68 bits per heavy atom. The summed E-state index contributed by atoms with van der Waals surface area (Å²) in [6, 6.07) is 22.0. The first-order valence-corrected chi connectivity index (χ1v) is 12.6. The van der Waals surface area contributed by atoms with Gasteiger partial charge in [0.2, 0.25) is 0 Å². The van der Waals surface area contributed by atoms with Crippen LogP contribution in [0.5, 0.6) is 5.75 Å². The number of carbonyl (C=O) groups is 1. The third-order valence-electron chi connectivity index (χ3n) is 6.22. The van der Waals surface area contributed by atoms with Crippen LogP contribution in [0.4, 0.5) is 17.6 Å². The molecule has 1 atom stereocenters. The van der Waals surface area contributed by atoms with Crippen molar-refractivity contribution in [3.8, 4) is 16.9 Å². The van der Waals surface area contributed by atoms with Crippen LogP contribution in [0, 0.1) is 12.7 Å². The molecule has 0 radical (unpaired) electrons. The van der Waals surface area contributed by atoms with Crippen molar-refractivity contribution >= 4 is 11.6 Å². The number of hydrogen-bond donors (Lipinski definition) is 0. The lowest BCUT2D eigenvalue weighted by Gasteiger charge is -2.11. The predicted octanol–water partition coefficient (Wildman–Crippen LogP) is 7.40. The second-order valence-corrected chi connectivity index (χ2v) is 9.15. The molecule has 5 rings (SSSR count). The van der Waals surface area contributed by atoms with Gasteiger partial charge in [-0.15, -0.1) is 0 Å². The summed E-state index contributed by atoms with van der Waals surface area (Å²) in [5, 5.41) is 4.61. The zero-order valence-electron chi connectivity index (χ0n) is 22.5. The zero-order valence-corrected chi connectivity index (χ0v) is 22.5. The van der Waals surface area contributed by atoms with E-state index in [4.69, 9.17) is 9.47 Å². The van der Waals surface area contributed by atoms with E-state index in [9.17, 15) is 22.4 Å². The lowest BCUT2D eigenvalue weighted by molar-refractivity contribution is -0.142. The van der Waals surface area contributed by atoms with Crippen LogP contribution >= 0.6 is 0 Å². The first-order valence-electron chi connectivity index (χ1n) is 12.6. The molecule has 0 aliphatic heterocycles. The number of hydrogen-bond acceptors (Lipinski definition) is 5. The van der Waals surface area contributed by atoms with Gasteiger partial charge in [0.1, 0.15) is 23.9 Å². The fourth-order valence-corrected chi connectivity index (χ4v) is 4.13. The minimum atomic E-state index is -4.44. The van der Waals surface area contributed by atoms with Gasteiger partial charge in [-0.2, -0.15) is 18.3 Å². The molecule has 0 fully saturated rings. The quantitative estimate of drug-likeness (QED) is 0.159. The Balaban J connectivity index is 0.000000417. The molecule has 2 heterocycles. The molecule has 41 heavy (non-hydrogen) atoms. The average molecular weight is 566 g/mol. The van der Waals surface area contributed by atoms with E-state index in [2.05, 4.69) is 10.1 Å². The fourth-order valence-electron chi connectivity index (χ4n) is 4.13. The highest BCUT2D eigenvalue weighted by Crippen LogP contribution is 2.34. The maximum atomic E-state index is 13.1. The van der Waals surface area contributed by atoms with E-state index in [0.717, 1.165) is 17.7 Å². The molecular formula is C31H27F4N3O3. The summed E-state index contributed by atoms with van der Waals surface area (Å²) in [7, 11) is 1.30. The Morgan fingerprint density at radius 3 is 2.27 bits per heavy atom. The monoisotopic (exact) mass is 565 g/mol. The number of aryl methyl sites for hydroxylation is 1. The molecule has 10 heteroatoms. The average Bonchev–Trinajstić information content (AvgIpc) is 3.34. The van der Waals surface area contributed by atoms with Gasteiger partial charge in [-0.25, -0.2) is 13.9 Å². The van der Waals surface area contributed by atoms with E-state index in [0.29, 0.717) is 33.9 Å². The number of nitrogens with zero attached hydrogens (tertiary/aromatic N) is 3. The van der Waals surface area contributed by atoms with E-state index in [1.54, 1.807) is 31.2 Å². The van der Waals surface area contributed by atoms with Gasteiger partial charge in [-0.05, 0) is 67.4 Å². The number of rotatable bonds is 6. The number of halogens is 4. The van der Waals surface area contributed by atoms with Crippen molar-refractivity contribution in [1.29, 1.82) is 0 Å². The normalized spacial score (nSPS) is 11.9. The van der Waals surface area contributed by atoms with Crippen LogP contribution in [0.15, 0.2) is 91.1 Å². The van der Waals surface area contributed by atoms with Gasteiger partial charge in [0.05, 0.1) is 29.8 Å². The van der Waals surface area contributed by atoms with E-state index >= 15 is 0 Å². The Kier molecular flexibility index (Phi) is 9.01. The number of para-hydroxylation sites is 1. The molecule has 0 saturated carbocycles. The number of esters is 1. The number of fused-ring (bicyclic) bond motifs is 1. The van der Waals surface area contributed by atoms with Crippen molar-refractivity contribution in [2.45, 2.75) is 32.5 Å². The van der Waals surface area contributed by atoms with Crippen LogP contribution in [-0.2, 0) is 22.3 Å². The molecule has 1 unspecified atom stereocenters. The summed E-state index contributed by atoms with van der Waals surface area (Å²) < 4.78 is 63.6. The second kappa shape index (κ2) is 12.6. The molecule has 0 amide bonds. The van der Waals surface area contributed by atoms with Crippen LogP contribution in [0.1, 0.15) is 35.4 Å². The molecule has 0 N–H and O–H groups in total. The lowest BCUT2D eigenvalue weighted by atomic mass is 10.0. The highest BCUT2D eigenvalue weighted by Gasteiger charge is 2.30. The molecule has 3 aromatic carbocycles. The van der Waals surface area contributed by atoms with Crippen LogP contribution in [-0.4, -0.2) is 27.7 Å². The van der Waals surface area contributed by atoms with Crippen molar-refractivity contribution in [2.24, 2.45) is 0 Å². The van der Waals surface area contributed by atoms with E-state index in [1.165, 1.54) is 42.1 Å². The third kappa shape index (κ3) is 7.08. The maximum Gasteiger partial charge on any atom is 0.416 e. The zero-order chi connectivity index (χ0) is 29.6. The van der Waals surface area contributed by atoms with Crippen LogP contribution in [0.3, 0.4) is 0 Å². The summed E-state index contributed by atoms with van der Waals surface area (Å²) in [6.45, 7) is 3.60. The molecule has 6 nitrogen and oxygen atoms in total. The van der Waals surface area contributed by atoms with E-state index in [-0.39, 0.29) is 12.4 Å². The molecule has 5 aromatic rings. The highest BCUT2D eigenvalue weighted by atomic mass is 19.4. The van der Waals surface area contributed by atoms with Crippen molar-refractivity contribution in [1.82, 2.24) is 14.6 Å². The standard InChI is InChI=1S/C24H20F3N3O3.C7H7F/c1-15(23(31)32-2)20-12-13-28-22-21(16-8-10-17(11-9-16)24(25,26)27)19(29-30(20)22)14-33-18-6-4-3-5-7-18;1-6-3-2-4-7(8)5-6/h3-13,15H,14H2,1-2H3;2-5H,1H3. The first-order chi connectivity index (χ1) is 19.6. The van der Waals surface area contributed by atoms with Crippen LogP contribution in [0.25, 0.3) is 16.8 Å². The Morgan fingerprint density at radius 1 is 0.976 bits per heavy atom. The number of carbonyl (C=O) groups excluding carboxylic acids is 1. The van der Waals surface area contributed by atoms with Crippen molar-refractivity contribution < 1.29 is 31.8 Å². The molecule has 0 bridgehead atoms. The Hall–Kier alpha value is -4.73.